The lowest BCUT2D eigenvalue weighted by atomic mass is 9.84. The lowest BCUT2D eigenvalue weighted by Gasteiger charge is -2.40. The summed E-state index contributed by atoms with van der Waals surface area (Å²) in [6, 6.07) is 20.6. The van der Waals surface area contributed by atoms with E-state index in [0.29, 0.717) is 11.4 Å². The van der Waals surface area contributed by atoms with Crippen molar-refractivity contribution >= 4 is 22.9 Å². The molecule has 0 bridgehead atoms. The zero-order valence-electron chi connectivity index (χ0n) is 19.0. The van der Waals surface area contributed by atoms with Gasteiger partial charge in [0.05, 0.1) is 17.0 Å². The van der Waals surface area contributed by atoms with E-state index in [1.54, 1.807) is 30.5 Å². The molecule has 2 heterocycles. The summed E-state index contributed by atoms with van der Waals surface area (Å²) in [4.78, 5) is 11.4. The highest BCUT2D eigenvalue weighted by molar-refractivity contribution is 6.12. The first kappa shape index (κ1) is 21.6. The molecule has 0 amide bonds. The third kappa shape index (κ3) is 4.08. The molecule has 5 nitrogen and oxygen atoms in total. The number of allylic oxidation sites excluding steroid dienone is 2. The number of rotatable bonds is 4. The fraction of sp³-hybridized carbons (Fsp3) is 0.179. The molecule has 34 heavy (non-hydrogen) atoms. The molecular formula is C28H24FN5. The van der Waals surface area contributed by atoms with Crippen molar-refractivity contribution in [1.29, 1.82) is 5.26 Å². The minimum atomic E-state index is -0.264. The number of anilines is 3. The average Bonchev–Trinajstić information content (AvgIpc) is 2.84. The first-order valence-electron chi connectivity index (χ1n) is 11.3. The molecule has 6 heteroatoms. The van der Waals surface area contributed by atoms with Crippen LogP contribution in [0.4, 0.5) is 21.6 Å². The Kier molecular flexibility index (Phi) is 5.69. The number of hydrogen-bond donors (Lipinski definition) is 1. The van der Waals surface area contributed by atoms with Gasteiger partial charge in [-0.2, -0.15) is 5.26 Å². The van der Waals surface area contributed by atoms with Gasteiger partial charge in [-0.05, 0) is 80.4 Å². The number of aliphatic imine (C=N–C) groups is 1. The number of benzene rings is 2. The van der Waals surface area contributed by atoms with Crippen LogP contribution < -0.4 is 10.2 Å². The van der Waals surface area contributed by atoms with E-state index >= 15 is 0 Å². The van der Waals surface area contributed by atoms with E-state index in [2.05, 4.69) is 45.6 Å². The van der Waals surface area contributed by atoms with Crippen molar-refractivity contribution in [2.75, 3.05) is 10.2 Å². The Morgan fingerprint density at radius 1 is 1.12 bits per heavy atom. The monoisotopic (exact) mass is 449 g/mol. The second kappa shape index (κ2) is 8.95. The second-order valence-electron chi connectivity index (χ2n) is 8.65. The Balaban J connectivity index is 1.63. The predicted molar refractivity (Wildman–Crippen MR) is 133 cm³/mol. The number of aromatic nitrogens is 1. The van der Waals surface area contributed by atoms with E-state index in [0.717, 1.165) is 34.9 Å². The minimum Gasteiger partial charge on any atom is -0.338 e. The van der Waals surface area contributed by atoms with Gasteiger partial charge in [0.2, 0.25) is 0 Å². The highest BCUT2D eigenvalue weighted by Crippen LogP contribution is 2.44. The number of fused-ring (bicyclic) bond motifs is 2. The highest BCUT2D eigenvalue weighted by atomic mass is 19.1. The first-order valence-corrected chi connectivity index (χ1v) is 11.3. The van der Waals surface area contributed by atoms with Crippen molar-refractivity contribution < 1.29 is 4.39 Å². The van der Waals surface area contributed by atoms with Crippen LogP contribution in [-0.2, 0) is 6.42 Å². The number of nitriles is 1. The number of pyridine rings is 1. The summed E-state index contributed by atoms with van der Waals surface area (Å²) >= 11 is 0. The van der Waals surface area contributed by atoms with Crippen LogP contribution in [0.2, 0.25) is 0 Å². The van der Waals surface area contributed by atoms with Crippen LogP contribution in [0.15, 0.2) is 95.4 Å². The van der Waals surface area contributed by atoms with Gasteiger partial charge in [-0.1, -0.05) is 18.2 Å². The van der Waals surface area contributed by atoms with Gasteiger partial charge in [-0.15, -0.1) is 0 Å². The van der Waals surface area contributed by atoms with Crippen molar-refractivity contribution in [2.45, 2.75) is 26.3 Å². The topological polar surface area (TPSA) is 64.3 Å². The molecule has 3 aromatic rings. The lowest BCUT2D eigenvalue weighted by molar-refractivity contribution is 0.627. The Hall–Kier alpha value is -4.24. The minimum absolute atomic E-state index is 0.0720. The number of nitrogens with one attached hydrogen (secondary N) is 1. The standard InChI is InChI=1S/C28H24FN5/c1-18(2)32-25-16-27-21(15-24(25)33-28-20(17-30)7-5-13-31-28)14-19-6-3-4-8-26(19)34(27)23-11-9-22(29)10-12-23/h3-13,15-16,18,21H,14H2,1-2H3,(H,31,33). The maximum atomic E-state index is 13.7. The highest BCUT2D eigenvalue weighted by Gasteiger charge is 2.33. The van der Waals surface area contributed by atoms with E-state index in [-0.39, 0.29) is 17.8 Å². The summed E-state index contributed by atoms with van der Waals surface area (Å²) < 4.78 is 13.7. The number of nitrogens with zero attached hydrogens (tertiary/aromatic N) is 4. The molecule has 0 spiro atoms. The summed E-state index contributed by atoms with van der Waals surface area (Å²) in [5.41, 5.74) is 6.38. The smallest absolute Gasteiger partial charge is 0.148 e. The van der Waals surface area contributed by atoms with Crippen molar-refractivity contribution in [3.05, 3.63) is 107 Å². The summed E-state index contributed by atoms with van der Waals surface area (Å²) in [5, 5.41) is 12.9. The maximum absolute atomic E-state index is 13.7. The number of halogens is 1. The molecule has 2 aliphatic rings. The molecule has 0 saturated carbocycles. The molecule has 168 valence electrons. The van der Waals surface area contributed by atoms with E-state index in [9.17, 15) is 9.65 Å². The van der Waals surface area contributed by atoms with Gasteiger partial charge in [-0.25, -0.2) is 9.37 Å². The van der Waals surface area contributed by atoms with E-state index in [4.69, 9.17) is 4.99 Å². The molecule has 0 radical (unpaired) electrons. The summed E-state index contributed by atoms with van der Waals surface area (Å²) in [5.74, 6) is 0.319. The predicted octanol–water partition coefficient (Wildman–Crippen LogP) is 6.15. The molecule has 0 saturated heterocycles. The van der Waals surface area contributed by atoms with Gasteiger partial charge in [0.25, 0.3) is 0 Å². The van der Waals surface area contributed by atoms with Gasteiger partial charge < -0.3 is 10.2 Å². The number of hydrogen-bond acceptors (Lipinski definition) is 5. The van der Waals surface area contributed by atoms with Gasteiger partial charge in [0.1, 0.15) is 17.7 Å². The molecule has 1 aliphatic carbocycles. The van der Waals surface area contributed by atoms with Gasteiger partial charge in [0.15, 0.2) is 0 Å². The molecule has 2 aromatic carbocycles. The molecule has 1 aromatic heterocycles. The summed E-state index contributed by atoms with van der Waals surface area (Å²) in [6.45, 7) is 4.06. The molecule has 1 atom stereocenters. The Morgan fingerprint density at radius 3 is 2.68 bits per heavy atom. The fourth-order valence-corrected chi connectivity index (χ4v) is 4.46. The van der Waals surface area contributed by atoms with Gasteiger partial charge >= 0.3 is 0 Å². The molecule has 1 aliphatic heterocycles. The van der Waals surface area contributed by atoms with Crippen LogP contribution in [0.5, 0.6) is 0 Å². The Labute approximate surface area is 198 Å². The van der Waals surface area contributed by atoms with Crippen LogP contribution in [0, 0.1) is 23.1 Å². The Morgan fingerprint density at radius 2 is 1.91 bits per heavy atom. The molecule has 1 N–H and O–H groups in total. The zero-order valence-corrected chi connectivity index (χ0v) is 19.0. The van der Waals surface area contributed by atoms with E-state index in [1.807, 2.05) is 26.0 Å². The molecule has 1 unspecified atom stereocenters. The molecular weight excluding hydrogens is 425 g/mol. The normalized spacial score (nSPS) is 18.0. The Bertz CT molecular complexity index is 1360. The van der Waals surface area contributed by atoms with Gasteiger partial charge in [-0.3, -0.25) is 4.99 Å². The quantitative estimate of drug-likeness (QED) is 0.519. The van der Waals surface area contributed by atoms with Crippen LogP contribution in [0.1, 0.15) is 25.0 Å². The number of para-hydroxylation sites is 1. The third-order valence-corrected chi connectivity index (χ3v) is 5.90. The SMILES string of the molecule is CC(C)N=C1C=C2C(C=C1Nc1ncccc1C#N)Cc1ccccc1N2c1ccc(F)cc1. The molecule has 5 rings (SSSR count). The first-order chi connectivity index (χ1) is 16.5. The van der Waals surface area contributed by atoms with Gasteiger partial charge in [0, 0.05) is 35.2 Å². The van der Waals surface area contributed by atoms with Crippen LogP contribution in [0.25, 0.3) is 0 Å². The second-order valence-corrected chi connectivity index (χ2v) is 8.65. The fourth-order valence-electron chi connectivity index (χ4n) is 4.46. The maximum Gasteiger partial charge on any atom is 0.148 e. The van der Waals surface area contributed by atoms with Crippen molar-refractivity contribution in [3.8, 4) is 6.07 Å². The largest absolute Gasteiger partial charge is 0.338 e. The van der Waals surface area contributed by atoms with Crippen molar-refractivity contribution in [1.82, 2.24) is 4.98 Å². The summed E-state index contributed by atoms with van der Waals surface area (Å²) in [6.07, 6.45) is 6.76. The van der Waals surface area contributed by atoms with Crippen LogP contribution in [-0.4, -0.2) is 16.7 Å². The third-order valence-electron chi connectivity index (χ3n) is 5.90. The lowest BCUT2D eigenvalue weighted by Crippen LogP contribution is -2.33. The van der Waals surface area contributed by atoms with Crippen LogP contribution in [0.3, 0.4) is 0 Å². The van der Waals surface area contributed by atoms with E-state index < -0.39 is 0 Å². The van der Waals surface area contributed by atoms with Crippen molar-refractivity contribution in [2.24, 2.45) is 10.9 Å². The zero-order chi connectivity index (χ0) is 23.7. The van der Waals surface area contributed by atoms with E-state index in [1.165, 1.54) is 17.7 Å². The average molecular weight is 450 g/mol. The summed E-state index contributed by atoms with van der Waals surface area (Å²) in [7, 11) is 0. The molecule has 0 fully saturated rings. The van der Waals surface area contributed by atoms with Crippen LogP contribution >= 0.6 is 0 Å². The van der Waals surface area contributed by atoms with Crippen molar-refractivity contribution in [3.63, 3.8) is 0 Å².